The van der Waals surface area contributed by atoms with Crippen LogP contribution >= 0.6 is 15.9 Å². The zero-order chi connectivity index (χ0) is 14.1. The van der Waals surface area contributed by atoms with Gasteiger partial charge < -0.3 is 9.88 Å². The first-order valence-electron chi connectivity index (χ1n) is 6.24. The zero-order valence-electron chi connectivity index (χ0n) is 10.9. The average molecular weight is 334 g/mol. The summed E-state index contributed by atoms with van der Waals surface area (Å²) in [7, 11) is 1.95. The maximum atomic E-state index is 13.1. The van der Waals surface area contributed by atoms with Crippen molar-refractivity contribution in [3.63, 3.8) is 0 Å². The Morgan fingerprint density at radius 1 is 1.25 bits per heavy atom. The smallest absolute Gasteiger partial charge is 0.203 e. The normalized spacial score (nSPS) is 10.9. The molecule has 1 heterocycles. The standard InChI is InChI=1S/C15H13BrFN3/c1-20-14-8-11(16)5-6-13(14)19-15(20)18-9-10-3-2-4-12(17)7-10/h2-8H,9H2,1H3,(H,18,19). The van der Waals surface area contributed by atoms with Crippen LogP contribution in [-0.2, 0) is 13.6 Å². The molecule has 3 rings (SSSR count). The number of halogens is 2. The second-order valence-corrected chi connectivity index (χ2v) is 5.53. The summed E-state index contributed by atoms with van der Waals surface area (Å²) >= 11 is 3.46. The van der Waals surface area contributed by atoms with Crippen LogP contribution in [0, 0.1) is 5.82 Å². The molecule has 0 spiro atoms. The van der Waals surface area contributed by atoms with E-state index in [2.05, 4.69) is 26.2 Å². The SMILES string of the molecule is Cn1c(NCc2cccc(F)c2)nc2ccc(Br)cc21. The second-order valence-electron chi connectivity index (χ2n) is 4.61. The first kappa shape index (κ1) is 13.1. The third kappa shape index (κ3) is 2.54. The lowest BCUT2D eigenvalue weighted by molar-refractivity contribution is 0.626. The summed E-state index contributed by atoms with van der Waals surface area (Å²) in [6.07, 6.45) is 0. The molecule has 102 valence electrons. The number of aryl methyl sites for hydroxylation is 1. The molecule has 3 nitrogen and oxygen atoms in total. The number of rotatable bonds is 3. The van der Waals surface area contributed by atoms with Crippen molar-refractivity contribution in [1.29, 1.82) is 0 Å². The lowest BCUT2D eigenvalue weighted by Crippen LogP contribution is -2.05. The van der Waals surface area contributed by atoms with Gasteiger partial charge in [-0.1, -0.05) is 28.1 Å². The van der Waals surface area contributed by atoms with Crippen LogP contribution in [0.3, 0.4) is 0 Å². The van der Waals surface area contributed by atoms with E-state index in [4.69, 9.17) is 0 Å². The van der Waals surface area contributed by atoms with E-state index < -0.39 is 0 Å². The maximum absolute atomic E-state index is 13.1. The van der Waals surface area contributed by atoms with E-state index in [0.717, 1.165) is 27.0 Å². The van der Waals surface area contributed by atoms with Crippen LogP contribution in [0.4, 0.5) is 10.3 Å². The van der Waals surface area contributed by atoms with E-state index in [9.17, 15) is 4.39 Å². The number of nitrogens with zero attached hydrogens (tertiary/aromatic N) is 2. The van der Waals surface area contributed by atoms with Crippen molar-refractivity contribution in [1.82, 2.24) is 9.55 Å². The van der Waals surface area contributed by atoms with Gasteiger partial charge in [-0.2, -0.15) is 0 Å². The van der Waals surface area contributed by atoms with Gasteiger partial charge in [0, 0.05) is 18.1 Å². The summed E-state index contributed by atoms with van der Waals surface area (Å²) in [5, 5.41) is 3.24. The third-order valence-corrected chi connectivity index (χ3v) is 3.68. The van der Waals surface area contributed by atoms with Gasteiger partial charge >= 0.3 is 0 Å². The number of aromatic nitrogens is 2. The van der Waals surface area contributed by atoms with Crippen molar-refractivity contribution in [3.05, 3.63) is 58.3 Å². The van der Waals surface area contributed by atoms with Gasteiger partial charge in [0.1, 0.15) is 5.82 Å². The van der Waals surface area contributed by atoms with Gasteiger partial charge in [0.25, 0.3) is 0 Å². The Morgan fingerprint density at radius 2 is 2.10 bits per heavy atom. The van der Waals surface area contributed by atoms with E-state index in [1.54, 1.807) is 6.07 Å². The number of anilines is 1. The van der Waals surface area contributed by atoms with E-state index in [1.165, 1.54) is 12.1 Å². The third-order valence-electron chi connectivity index (χ3n) is 3.18. The fourth-order valence-electron chi connectivity index (χ4n) is 2.15. The minimum Gasteiger partial charge on any atom is -0.352 e. The minimum atomic E-state index is -0.224. The van der Waals surface area contributed by atoms with Crippen molar-refractivity contribution < 1.29 is 4.39 Å². The molecule has 0 fully saturated rings. The Bertz CT molecular complexity index is 767. The van der Waals surface area contributed by atoms with Gasteiger partial charge in [-0.15, -0.1) is 0 Å². The highest BCUT2D eigenvalue weighted by Crippen LogP contribution is 2.22. The van der Waals surface area contributed by atoms with Crippen LogP contribution < -0.4 is 5.32 Å². The molecule has 0 unspecified atom stereocenters. The molecule has 0 saturated carbocycles. The molecule has 20 heavy (non-hydrogen) atoms. The van der Waals surface area contributed by atoms with E-state index >= 15 is 0 Å². The number of hydrogen-bond donors (Lipinski definition) is 1. The molecule has 2 aromatic carbocycles. The van der Waals surface area contributed by atoms with Crippen LogP contribution in [0.5, 0.6) is 0 Å². The summed E-state index contributed by atoms with van der Waals surface area (Å²) < 4.78 is 16.1. The molecule has 1 aromatic heterocycles. The highest BCUT2D eigenvalue weighted by molar-refractivity contribution is 9.10. The number of fused-ring (bicyclic) bond motifs is 1. The van der Waals surface area contributed by atoms with Crippen LogP contribution in [0.25, 0.3) is 11.0 Å². The Balaban J connectivity index is 1.86. The predicted molar refractivity (Wildman–Crippen MR) is 82.1 cm³/mol. The monoisotopic (exact) mass is 333 g/mol. The van der Waals surface area contributed by atoms with Crippen LogP contribution in [0.15, 0.2) is 46.9 Å². The Morgan fingerprint density at radius 3 is 2.90 bits per heavy atom. The molecule has 3 aromatic rings. The molecule has 0 atom stereocenters. The maximum Gasteiger partial charge on any atom is 0.203 e. The van der Waals surface area contributed by atoms with Gasteiger partial charge in [0.2, 0.25) is 5.95 Å². The summed E-state index contributed by atoms with van der Waals surface area (Å²) in [4.78, 5) is 4.53. The number of imidazole rings is 1. The van der Waals surface area contributed by atoms with Gasteiger partial charge in [0.15, 0.2) is 0 Å². The molecular formula is C15H13BrFN3. The van der Waals surface area contributed by atoms with Crippen molar-refractivity contribution in [3.8, 4) is 0 Å². The molecule has 0 bridgehead atoms. The molecule has 0 saturated heterocycles. The van der Waals surface area contributed by atoms with E-state index in [-0.39, 0.29) is 5.82 Å². The second kappa shape index (κ2) is 5.25. The first-order valence-corrected chi connectivity index (χ1v) is 7.03. The fourth-order valence-corrected chi connectivity index (χ4v) is 2.50. The summed E-state index contributed by atoms with van der Waals surface area (Å²) in [6, 6.07) is 12.5. The molecule has 0 amide bonds. The van der Waals surface area contributed by atoms with Crippen molar-refractivity contribution in [2.24, 2.45) is 7.05 Å². The topological polar surface area (TPSA) is 29.9 Å². The first-order chi connectivity index (χ1) is 9.63. The van der Waals surface area contributed by atoms with Crippen molar-refractivity contribution in [2.45, 2.75) is 6.54 Å². The summed E-state index contributed by atoms with van der Waals surface area (Å²) in [6.45, 7) is 0.538. The highest BCUT2D eigenvalue weighted by atomic mass is 79.9. The average Bonchev–Trinajstić information content (AvgIpc) is 2.73. The highest BCUT2D eigenvalue weighted by Gasteiger charge is 2.07. The lowest BCUT2D eigenvalue weighted by Gasteiger charge is -2.06. The molecule has 0 radical (unpaired) electrons. The van der Waals surface area contributed by atoms with Gasteiger partial charge in [-0.25, -0.2) is 9.37 Å². The quantitative estimate of drug-likeness (QED) is 0.782. The molecule has 5 heteroatoms. The van der Waals surface area contributed by atoms with Crippen molar-refractivity contribution in [2.75, 3.05) is 5.32 Å². The number of benzene rings is 2. The predicted octanol–water partition coefficient (Wildman–Crippen LogP) is 4.09. The molecular weight excluding hydrogens is 321 g/mol. The van der Waals surface area contributed by atoms with E-state index in [0.29, 0.717) is 6.54 Å². The Kier molecular flexibility index (Phi) is 3.44. The number of hydrogen-bond acceptors (Lipinski definition) is 2. The molecule has 0 aliphatic carbocycles. The zero-order valence-corrected chi connectivity index (χ0v) is 12.5. The van der Waals surface area contributed by atoms with Crippen molar-refractivity contribution >= 4 is 32.9 Å². The molecule has 0 aliphatic heterocycles. The number of nitrogens with one attached hydrogen (secondary N) is 1. The fraction of sp³-hybridized carbons (Fsp3) is 0.133. The van der Waals surface area contributed by atoms with Gasteiger partial charge in [-0.3, -0.25) is 0 Å². The summed E-state index contributed by atoms with van der Waals surface area (Å²) in [5.74, 6) is 0.542. The van der Waals surface area contributed by atoms with Crippen LogP contribution in [0.1, 0.15) is 5.56 Å². The minimum absolute atomic E-state index is 0.224. The Labute approximate surface area is 124 Å². The van der Waals surface area contributed by atoms with Crippen LogP contribution in [-0.4, -0.2) is 9.55 Å². The van der Waals surface area contributed by atoms with E-state index in [1.807, 2.05) is 35.9 Å². The lowest BCUT2D eigenvalue weighted by atomic mass is 10.2. The largest absolute Gasteiger partial charge is 0.352 e. The molecule has 0 aliphatic rings. The van der Waals surface area contributed by atoms with Gasteiger partial charge in [0.05, 0.1) is 11.0 Å². The Hall–Kier alpha value is -1.88. The van der Waals surface area contributed by atoms with Gasteiger partial charge in [-0.05, 0) is 35.9 Å². The summed E-state index contributed by atoms with van der Waals surface area (Å²) in [5.41, 5.74) is 2.86. The molecule has 1 N–H and O–H groups in total. The van der Waals surface area contributed by atoms with Crippen LogP contribution in [0.2, 0.25) is 0 Å².